The molecule has 8 nitrogen and oxygen atoms in total. The molecule has 2 heterocycles. The van der Waals surface area contributed by atoms with Crippen LogP contribution in [0.25, 0.3) is 11.1 Å². The summed E-state index contributed by atoms with van der Waals surface area (Å²) in [5.41, 5.74) is 1.86. The number of halogens is 3. The van der Waals surface area contributed by atoms with E-state index in [4.69, 9.17) is 20.8 Å². The molecule has 0 unspecified atom stereocenters. The van der Waals surface area contributed by atoms with Crippen molar-refractivity contribution in [3.63, 3.8) is 0 Å². The van der Waals surface area contributed by atoms with E-state index < -0.39 is 29.9 Å². The molecule has 0 radical (unpaired) electrons. The summed E-state index contributed by atoms with van der Waals surface area (Å²) in [5, 5.41) is 3.03. The quantitative estimate of drug-likeness (QED) is 0.278. The number of alkyl halides is 1. The van der Waals surface area contributed by atoms with E-state index in [1.54, 1.807) is 36.4 Å². The van der Waals surface area contributed by atoms with Gasteiger partial charge in [0.2, 0.25) is 5.91 Å². The van der Waals surface area contributed by atoms with Crippen molar-refractivity contribution >= 4 is 46.3 Å². The highest BCUT2D eigenvalue weighted by molar-refractivity contribution is 6.33. The lowest BCUT2D eigenvalue weighted by Crippen LogP contribution is -2.40. The van der Waals surface area contributed by atoms with Gasteiger partial charge in [-0.05, 0) is 54.1 Å². The molecule has 1 saturated heterocycles. The Labute approximate surface area is 227 Å². The summed E-state index contributed by atoms with van der Waals surface area (Å²) in [6, 6.07) is 15.6. The first-order valence-corrected chi connectivity index (χ1v) is 12.5. The number of likely N-dealkylation sites (tertiary alicyclic amines) is 1. The number of ether oxygens (including phenoxy) is 2. The fourth-order valence-corrected chi connectivity index (χ4v) is 4.68. The number of methoxy groups -OCH3 is 1. The van der Waals surface area contributed by atoms with Gasteiger partial charge in [0.05, 0.1) is 42.4 Å². The van der Waals surface area contributed by atoms with Crippen LogP contribution in [-0.2, 0) is 16.0 Å². The normalized spacial score (nSPS) is 16.9. The molecule has 1 aliphatic rings. The largest absolute Gasteiger partial charge is 0.491 e. The zero-order valence-electron chi connectivity index (χ0n) is 20.8. The van der Waals surface area contributed by atoms with Gasteiger partial charge in [-0.15, -0.1) is 0 Å². The number of nitrogens with one attached hydrogen (secondary N) is 1. The van der Waals surface area contributed by atoms with E-state index in [1.165, 1.54) is 24.1 Å². The Morgan fingerprint density at radius 1 is 1.18 bits per heavy atom. The van der Waals surface area contributed by atoms with E-state index in [2.05, 4.69) is 15.0 Å². The van der Waals surface area contributed by atoms with Gasteiger partial charge in [-0.3, -0.25) is 4.79 Å². The number of carbonyl (C=O) groups excluding carboxylic acids is 2. The Kier molecular flexibility index (Phi) is 7.65. The molecule has 0 bridgehead atoms. The standard InChI is InChI=1S/C28H24ClF2N3O5/c1-37-27(36)16-6-8-20(9-7-16)38-15-19-12-18(30)14-34(19)26(35)11-17-10-21(29)24(13-22(17)31)33-28-32-23-4-2-3-5-25(23)39-28/h2-10,13,18-19H,11-12,14-15H2,1H3,(H,32,33)/t18-,19-/m0/s1. The van der Waals surface area contributed by atoms with Crippen LogP contribution in [0.4, 0.5) is 20.5 Å². The SMILES string of the molecule is COC(=O)c1ccc(OC[C@@H]2C[C@H](F)CN2C(=O)Cc2cc(Cl)c(Nc3nc4ccccc4o3)cc2F)cc1. The van der Waals surface area contributed by atoms with E-state index in [0.29, 0.717) is 22.4 Å². The number of nitrogens with zero attached hydrogens (tertiary/aromatic N) is 2. The zero-order chi connectivity index (χ0) is 27.5. The van der Waals surface area contributed by atoms with Gasteiger partial charge in [-0.25, -0.2) is 13.6 Å². The number of fused-ring (bicyclic) bond motifs is 1. The number of hydrogen-bond donors (Lipinski definition) is 1. The highest BCUT2D eigenvalue weighted by Crippen LogP contribution is 2.31. The Bertz CT molecular complexity index is 1480. The van der Waals surface area contributed by atoms with Crippen molar-refractivity contribution in [1.29, 1.82) is 0 Å². The third-order valence-electron chi connectivity index (χ3n) is 6.41. The molecule has 0 aliphatic carbocycles. The first-order chi connectivity index (χ1) is 18.8. The number of aromatic nitrogens is 1. The maximum absolute atomic E-state index is 15.0. The molecule has 4 aromatic rings. The number of amides is 1. The van der Waals surface area contributed by atoms with E-state index >= 15 is 0 Å². The van der Waals surface area contributed by atoms with Gasteiger partial charge in [0.1, 0.15) is 29.9 Å². The average molecular weight is 556 g/mol. The number of esters is 1. The number of para-hydroxylation sites is 2. The second-order valence-electron chi connectivity index (χ2n) is 9.07. The molecule has 3 aromatic carbocycles. The Hall–Kier alpha value is -4.18. The number of benzene rings is 3. The molecule has 1 aromatic heterocycles. The second-order valence-corrected chi connectivity index (χ2v) is 9.48. The summed E-state index contributed by atoms with van der Waals surface area (Å²) < 4.78 is 45.3. The molecule has 2 atom stereocenters. The predicted octanol–water partition coefficient (Wildman–Crippen LogP) is 5.71. The lowest BCUT2D eigenvalue weighted by molar-refractivity contribution is -0.132. The average Bonchev–Trinajstić information content (AvgIpc) is 3.52. The molecular formula is C28H24ClF2N3O5. The molecule has 1 amide bonds. The fourth-order valence-electron chi connectivity index (χ4n) is 4.45. The summed E-state index contributed by atoms with van der Waals surface area (Å²) in [6.45, 7) is -0.0683. The van der Waals surface area contributed by atoms with E-state index in [-0.39, 0.29) is 48.3 Å². The molecule has 5 rings (SSSR count). The summed E-state index contributed by atoms with van der Waals surface area (Å²) >= 11 is 6.37. The van der Waals surface area contributed by atoms with Gasteiger partial charge >= 0.3 is 5.97 Å². The number of anilines is 2. The molecule has 1 fully saturated rings. The third-order valence-corrected chi connectivity index (χ3v) is 6.73. The molecule has 0 saturated carbocycles. The smallest absolute Gasteiger partial charge is 0.337 e. The van der Waals surface area contributed by atoms with Gasteiger partial charge in [0.15, 0.2) is 5.58 Å². The zero-order valence-corrected chi connectivity index (χ0v) is 21.6. The van der Waals surface area contributed by atoms with Crippen LogP contribution >= 0.6 is 11.6 Å². The van der Waals surface area contributed by atoms with Crippen LogP contribution in [0.1, 0.15) is 22.3 Å². The summed E-state index contributed by atoms with van der Waals surface area (Å²) in [6.07, 6.45) is -1.42. The van der Waals surface area contributed by atoms with Gasteiger partial charge in [-0.1, -0.05) is 23.7 Å². The maximum Gasteiger partial charge on any atom is 0.337 e. The highest BCUT2D eigenvalue weighted by atomic mass is 35.5. The van der Waals surface area contributed by atoms with Gasteiger partial charge in [0.25, 0.3) is 6.01 Å². The lowest BCUT2D eigenvalue weighted by Gasteiger charge is -2.25. The van der Waals surface area contributed by atoms with Crippen molar-refractivity contribution in [1.82, 2.24) is 9.88 Å². The molecule has 1 aliphatic heterocycles. The summed E-state index contributed by atoms with van der Waals surface area (Å²) in [5.74, 6) is -1.12. The molecule has 0 spiro atoms. The topological polar surface area (TPSA) is 93.9 Å². The van der Waals surface area contributed by atoms with Crippen LogP contribution in [0.3, 0.4) is 0 Å². The monoisotopic (exact) mass is 555 g/mol. The van der Waals surface area contributed by atoms with Crippen LogP contribution < -0.4 is 10.1 Å². The maximum atomic E-state index is 15.0. The van der Waals surface area contributed by atoms with Crippen LogP contribution in [-0.4, -0.2) is 54.2 Å². The first-order valence-electron chi connectivity index (χ1n) is 12.2. The summed E-state index contributed by atoms with van der Waals surface area (Å²) in [4.78, 5) is 30.3. The number of rotatable bonds is 8. The summed E-state index contributed by atoms with van der Waals surface area (Å²) in [7, 11) is 1.29. The lowest BCUT2D eigenvalue weighted by atomic mass is 10.1. The van der Waals surface area contributed by atoms with E-state index in [9.17, 15) is 18.4 Å². The van der Waals surface area contributed by atoms with Crippen molar-refractivity contribution in [3.8, 4) is 5.75 Å². The number of oxazole rings is 1. The van der Waals surface area contributed by atoms with Crippen LogP contribution in [0.15, 0.2) is 65.1 Å². The van der Waals surface area contributed by atoms with Gasteiger partial charge in [-0.2, -0.15) is 4.98 Å². The van der Waals surface area contributed by atoms with Gasteiger partial charge in [0, 0.05) is 6.42 Å². The molecule has 39 heavy (non-hydrogen) atoms. The molecule has 1 N–H and O–H groups in total. The van der Waals surface area contributed by atoms with Crippen molar-refractivity contribution in [2.45, 2.75) is 25.1 Å². The van der Waals surface area contributed by atoms with Crippen molar-refractivity contribution in [2.24, 2.45) is 0 Å². The molecule has 202 valence electrons. The first kappa shape index (κ1) is 26.4. The second kappa shape index (κ2) is 11.3. The minimum absolute atomic E-state index is 0.0420. The van der Waals surface area contributed by atoms with Crippen molar-refractivity contribution < 1.29 is 32.3 Å². The molecular weight excluding hydrogens is 532 g/mol. The van der Waals surface area contributed by atoms with Crippen LogP contribution in [0.2, 0.25) is 5.02 Å². The predicted molar refractivity (Wildman–Crippen MR) is 141 cm³/mol. The van der Waals surface area contributed by atoms with Crippen LogP contribution in [0, 0.1) is 5.82 Å². The fraction of sp³-hybridized carbons (Fsp3) is 0.250. The minimum Gasteiger partial charge on any atom is -0.491 e. The van der Waals surface area contributed by atoms with E-state index in [0.717, 1.165) is 0 Å². The number of hydrogen-bond acceptors (Lipinski definition) is 7. The van der Waals surface area contributed by atoms with E-state index in [1.807, 2.05) is 12.1 Å². The van der Waals surface area contributed by atoms with Gasteiger partial charge < -0.3 is 24.1 Å². The number of carbonyl (C=O) groups is 2. The van der Waals surface area contributed by atoms with Crippen molar-refractivity contribution in [2.75, 3.05) is 25.6 Å². The Morgan fingerprint density at radius 2 is 1.95 bits per heavy atom. The third kappa shape index (κ3) is 5.96. The molecule has 11 heteroatoms. The van der Waals surface area contributed by atoms with Crippen molar-refractivity contribution in [3.05, 3.63) is 82.6 Å². The van der Waals surface area contributed by atoms with Crippen LogP contribution in [0.5, 0.6) is 5.75 Å². The Morgan fingerprint density at radius 3 is 2.69 bits per heavy atom. The highest BCUT2D eigenvalue weighted by Gasteiger charge is 2.36. The Balaban J connectivity index is 1.23. The minimum atomic E-state index is -1.22.